The number of H-pyrrole nitrogens is 1. The molecule has 1 aromatic heterocycles. The van der Waals surface area contributed by atoms with Crippen molar-refractivity contribution in [1.29, 1.82) is 0 Å². The summed E-state index contributed by atoms with van der Waals surface area (Å²) in [5.74, 6) is 0.750. The van der Waals surface area contributed by atoms with Gasteiger partial charge >= 0.3 is 0 Å². The van der Waals surface area contributed by atoms with Crippen LogP contribution in [0.1, 0.15) is 18.2 Å². The van der Waals surface area contributed by atoms with Crippen LogP contribution in [0.5, 0.6) is 11.5 Å². The van der Waals surface area contributed by atoms with Crippen molar-refractivity contribution in [3.05, 3.63) is 44.6 Å². The molecule has 0 aliphatic carbocycles. The average molecular weight is 391 g/mol. The molecule has 0 atom stereocenters. The zero-order chi connectivity index (χ0) is 20.0. The van der Waals surface area contributed by atoms with E-state index in [1.807, 2.05) is 6.92 Å². The van der Waals surface area contributed by atoms with Crippen LogP contribution in [0.25, 0.3) is 0 Å². The van der Waals surface area contributed by atoms with E-state index in [1.165, 1.54) is 11.1 Å². The molecule has 0 aliphatic rings. The van der Waals surface area contributed by atoms with Crippen LogP contribution in [0.2, 0.25) is 0 Å². The van der Waals surface area contributed by atoms with Crippen molar-refractivity contribution in [1.82, 2.24) is 19.8 Å². The highest BCUT2D eigenvalue weighted by Gasteiger charge is 2.10. The lowest BCUT2D eigenvalue weighted by atomic mass is 10.2. The number of rotatable bonds is 7. The van der Waals surface area contributed by atoms with E-state index in [-0.39, 0.29) is 23.0 Å². The molecule has 0 bridgehead atoms. The van der Waals surface area contributed by atoms with Gasteiger partial charge in [-0.05, 0) is 49.8 Å². The van der Waals surface area contributed by atoms with Gasteiger partial charge in [-0.15, -0.1) is 0 Å². The van der Waals surface area contributed by atoms with Gasteiger partial charge in [0.2, 0.25) is 4.77 Å². The summed E-state index contributed by atoms with van der Waals surface area (Å²) in [6.07, 6.45) is 1.47. The van der Waals surface area contributed by atoms with Crippen LogP contribution in [-0.2, 0) is 4.79 Å². The van der Waals surface area contributed by atoms with Crippen molar-refractivity contribution in [3.8, 4) is 11.5 Å². The van der Waals surface area contributed by atoms with Crippen LogP contribution in [0.3, 0.4) is 0 Å². The number of aromatic nitrogens is 3. The standard InChI is InChI=1S/C17H21N5O4S/c1-5-25-14-8-12(6-7-13(14)26-10-15(23)21(3)4)9-18-22-16(24)11(2)19-20-17(22)27/h6-9H,5,10H2,1-4H3,(H,20,27). The topological polar surface area (TPSA) is 102 Å². The zero-order valence-corrected chi connectivity index (χ0v) is 16.4. The number of carbonyl (C=O) groups is 1. The lowest BCUT2D eigenvalue weighted by Crippen LogP contribution is -2.27. The molecule has 0 aliphatic heterocycles. The van der Waals surface area contributed by atoms with Gasteiger partial charge in [-0.2, -0.15) is 14.9 Å². The molecule has 10 heteroatoms. The third-order valence-corrected chi connectivity index (χ3v) is 3.72. The SMILES string of the molecule is CCOc1cc(C=Nn2c(=S)[nH]nc(C)c2=O)ccc1OCC(=O)N(C)C. The minimum Gasteiger partial charge on any atom is -0.490 e. The van der Waals surface area contributed by atoms with Crippen molar-refractivity contribution >= 4 is 24.3 Å². The van der Waals surface area contributed by atoms with Crippen LogP contribution >= 0.6 is 12.2 Å². The van der Waals surface area contributed by atoms with Gasteiger partial charge in [0.25, 0.3) is 11.5 Å². The highest BCUT2D eigenvalue weighted by Crippen LogP contribution is 2.28. The molecule has 9 nitrogen and oxygen atoms in total. The Hall–Kier alpha value is -3.01. The van der Waals surface area contributed by atoms with Crippen LogP contribution in [0.15, 0.2) is 28.1 Å². The number of aryl methyl sites for hydroxylation is 1. The van der Waals surface area contributed by atoms with Gasteiger partial charge in [0.1, 0.15) is 5.69 Å². The van der Waals surface area contributed by atoms with Crippen molar-refractivity contribution in [2.24, 2.45) is 5.10 Å². The number of hydrogen-bond acceptors (Lipinski definition) is 7. The molecule has 0 radical (unpaired) electrons. The van der Waals surface area contributed by atoms with Crippen LogP contribution < -0.4 is 15.0 Å². The summed E-state index contributed by atoms with van der Waals surface area (Å²) in [5.41, 5.74) is 0.521. The van der Waals surface area contributed by atoms with E-state index in [0.717, 1.165) is 4.68 Å². The van der Waals surface area contributed by atoms with E-state index in [2.05, 4.69) is 15.3 Å². The molecule has 1 amide bonds. The summed E-state index contributed by atoms with van der Waals surface area (Å²) in [4.78, 5) is 25.2. The fourth-order valence-corrected chi connectivity index (χ4v) is 2.14. The molecule has 1 N–H and O–H groups in total. The number of hydrogen-bond donors (Lipinski definition) is 1. The maximum atomic E-state index is 12.1. The molecule has 2 aromatic rings. The number of aromatic amines is 1. The van der Waals surface area contributed by atoms with Gasteiger partial charge in [-0.3, -0.25) is 14.7 Å². The van der Waals surface area contributed by atoms with Crippen molar-refractivity contribution in [2.45, 2.75) is 13.8 Å². The fraction of sp³-hybridized carbons (Fsp3) is 0.353. The Morgan fingerprint density at radius 3 is 2.78 bits per heavy atom. The van der Waals surface area contributed by atoms with E-state index in [0.29, 0.717) is 23.7 Å². The van der Waals surface area contributed by atoms with E-state index in [1.54, 1.807) is 39.2 Å². The average Bonchev–Trinajstić information content (AvgIpc) is 2.64. The monoisotopic (exact) mass is 391 g/mol. The van der Waals surface area contributed by atoms with Gasteiger partial charge < -0.3 is 14.4 Å². The summed E-state index contributed by atoms with van der Waals surface area (Å²) in [6, 6.07) is 5.11. The van der Waals surface area contributed by atoms with Crippen molar-refractivity contribution < 1.29 is 14.3 Å². The first-order valence-electron chi connectivity index (χ1n) is 8.16. The molecule has 2 rings (SSSR count). The molecule has 0 spiro atoms. The predicted octanol–water partition coefficient (Wildman–Crippen LogP) is 1.36. The van der Waals surface area contributed by atoms with E-state index < -0.39 is 5.56 Å². The smallest absolute Gasteiger partial charge is 0.296 e. The lowest BCUT2D eigenvalue weighted by molar-refractivity contribution is -0.130. The minimum atomic E-state index is -0.401. The van der Waals surface area contributed by atoms with Gasteiger partial charge in [0.15, 0.2) is 18.1 Å². The van der Waals surface area contributed by atoms with Gasteiger partial charge in [0, 0.05) is 14.1 Å². The highest BCUT2D eigenvalue weighted by atomic mass is 32.1. The number of amides is 1. The predicted molar refractivity (Wildman–Crippen MR) is 103 cm³/mol. The summed E-state index contributed by atoms with van der Waals surface area (Å²) < 4.78 is 12.3. The Morgan fingerprint density at radius 1 is 1.37 bits per heavy atom. The van der Waals surface area contributed by atoms with Gasteiger partial charge in [-0.1, -0.05) is 0 Å². The summed E-state index contributed by atoms with van der Waals surface area (Å²) in [5, 5.41) is 10.5. The zero-order valence-electron chi connectivity index (χ0n) is 15.6. The number of ether oxygens (including phenoxy) is 2. The van der Waals surface area contributed by atoms with Gasteiger partial charge in [-0.25, -0.2) is 0 Å². The number of nitrogens with zero attached hydrogens (tertiary/aromatic N) is 4. The molecule has 144 valence electrons. The van der Waals surface area contributed by atoms with E-state index in [4.69, 9.17) is 21.7 Å². The second-order valence-electron chi connectivity index (χ2n) is 5.69. The van der Waals surface area contributed by atoms with Crippen molar-refractivity contribution in [3.63, 3.8) is 0 Å². The Labute approximate surface area is 161 Å². The highest BCUT2D eigenvalue weighted by molar-refractivity contribution is 7.71. The molecule has 0 unspecified atom stereocenters. The first kappa shape index (κ1) is 20.3. The largest absolute Gasteiger partial charge is 0.490 e. The normalized spacial score (nSPS) is 10.8. The van der Waals surface area contributed by atoms with E-state index in [9.17, 15) is 9.59 Å². The molecule has 1 aromatic carbocycles. The molecule has 0 saturated carbocycles. The second-order valence-corrected chi connectivity index (χ2v) is 6.08. The second kappa shape index (κ2) is 9.08. The third-order valence-electron chi connectivity index (χ3n) is 3.45. The summed E-state index contributed by atoms with van der Waals surface area (Å²) >= 11 is 5.03. The summed E-state index contributed by atoms with van der Waals surface area (Å²) in [7, 11) is 3.31. The first-order chi connectivity index (χ1) is 12.8. The molecular formula is C17H21N5O4S. The van der Waals surface area contributed by atoms with Crippen LogP contribution in [0, 0.1) is 11.7 Å². The van der Waals surface area contributed by atoms with Crippen molar-refractivity contribution in [2.75, 3.05) is 27.3 Å². The van der Waals surface area contributed by atoms with E-state index >= 15 is 0 Å². The maximum Gasteiger partial charge on any atom is 0.296 e. The molecule has 0 fully saturated rings. The van der Waals surface area contributed by atoms with Crippen LogP contribution in [-0.4, -0.2) is 59.2 Å². The number of carbonyl (C=O) groups excluding carboxylic acids is 1. The fourth-order valence-electron chi connectivity index (χ4n) is 1.96. The number of benzene rings is 1. The Kier molecular flexibility index (Phi) is 6.83. The van der Waals surface area contributed by atoms with Crippen LogP contribution in [0.4, 0.5) is 0 Å². The molecular weight excluding hydrogens is 370 g/mol. The quantitative estimate of drug-likeness (QED) is 0.565. The Morgan fingerprint density at radius 2 is 2.11 bits per heavy atom. The summed E-state index contributed by atoms with van der Waals surface area (Å²) in [6.45, 7) is 3.73. The number of nitrogens with one attached hydrogen (secondary N) is 1. The minimum absolute atomic E-state index is 0.0917. The lowest BCUT2D eigenvalue weighted by Gasteiger charge is -2.14. The maximum absolute atomic E-state index is 12.1. The third kappa shape index (κ3) is 5.23. The molecule has 1 heterocycles. The molecule has 27 heavy (non-hydrogen) atoms. The number of likely N-dealkylation sites (N-methyl/N-ethyl adjacent to an activating group) is 1. The Bertz CT molecular complexity index is 965. The van der Waals surface area contributed by atoms with Gasteiger partial charge in [0.05, 0.1) is 12.8 Å². The Balaban J connectivity index is 2.28. The first-order valence-corrected chi connectivity index (χ1v) is 8.56. The molecule has 0 saturated heterocycles.